The van der Waals surface area contributed by atoms with Gasteiger partial charge in [0.2, 0.25) is 0 Å². The Morgan fingerprint density at radius 1 is 1.25 bits per heavy atom. The third kappa shape index (κ3) is 1.27. The Morgan fingerprint density at radius 3 is 2.88 bits per heavy atom. The number of para-hydroxylation sites is 1. The van der Waals surface area contributed by atoms with Crippen molar-refractivity contribution in [1.82, 2.24) is 15.0 Å². The molecular formula is C12H11N3O. The summed E-state index contributed by atoms with van der Waals surface area (Å²) in [6, 6.07) is 7.87. The fourth-order valence-corrected chi connectivity index (χ4v) is 1.83. The number of pyridine rings is 1. The largest absolute Gasteiger partial charge is 0.385 e. The molecule has 2 heterocycles. The Bertz CT molecular complexity index is 657. The zero-order chi connectivity index (χ0) is 11.1. The maximum absolute atomic E-state index is 9.48. The molecule has 1 atom stereocenters. The van der Waals surface area contributed by atoms with E-state index in [1.807, 2.05) is 24.3 Å². The molecule has 0 aliphatic heterocycles. The van der Waals surface area contributed by atoms with Crippen molar-refractivity contribution in [2.45, 2.75) is 13.0 Å². The van der Waals surface area contributed by atoms with E-state index in [9.17, 15) is 5.11 Å². The number of aliphatic hydroxyl groups excluding tert-OH is 1. The van der Waals surface area contributed by atoms with Crippen molar-refractivity contribution in [3.05, 3.63) is 36.3 Å². The predicted octanol–water partition coefficient (Wildman–Crippen LogP) is 2.16. The molecule has 3 rings (SSSR count). The molecule has 4 nitrogen and oxygen atoms in total. The van der Waals surface area contributed by atoms with Gasteiger partial charge in [-0.25, -0.2) is 4.98 Å². The summed E-state index contributed by atoms with van der Waals surface area (Å²) in [6.07, 6.45) is 1.13. The average molecular weight is 213 g/mol. The van der Waals surface area contributed by atoms with Crippen LogP contribution in [0.25, 0.3) is 21.9 Å². The molecule has 0 unspecified atom stereocenters. The first-order valence-corrected chi connectivity index (χ1v) is 5.17. The van der Waals surface area contributed by atoms with E-state index in [4.69, 9.17) is 0 Å². The fourth-order valence-electron chi connectivity index (χ4n) is 1.83. The van der Waals surface area contributed by atoms with Crippen LogP contribution in [0.5, 0.6) is 0 Å². The Balaban J connectivity index is 2.41. The van der Waals surface area contributed by atoms with Crippen molar-refractivity contribution in [2.75, 3.05) is 0 Å². The molecule has 2 aromatic heterocycles. The summed E-state index contributed by atoms with van der Waals surface area (Å²) >= 11 is 0. The molecule has 0 spiro atoms. The van der Waals surface area contributed by atoms with Gasteiger partial charge in [-0.15, -0.1) is 0 Å². The number of aliphatic hydroxyl groups is 1. The van der Waals surface area contributed by atoms with Crippen LogP contribution in [0.15, 0.2) is 30.5 Å². The number of aromatic amines is 1. The first-order chi connectivity index (χ1) is 7.75. The van der Waals surface area contributed by atoms with Gasteiger partial charge >= 0.3 is 0 Å². The second-order valence-electron chi connectivity index (χ2n) is 3.83. The Morgan fingerprint density at radius 2 is 2.06 bits per heavy atom. The van der Waals surface area contributed by atoms with Gasteiger partial charge in [0.1, 0.15) is 17.4 Å². The highest BCUT2D eigenvalue weighted by atomic mass is 16.3. The highest BCUT2D eigenvalue weighted by Crippen LogP contribution is 2.22. The van der Waals surface area contributed by atoms with Crippen LogP contribution in [0, 0.1) is 0 Å². The SMILES string of the molecule is C[C@@H](O)c1nc2cnc3ccccc3c2[nH]1. The Hall–Kier alpha value is -1.94. The zero-order valence-corrected chi connectivity index (χ0v) is 8.81. The zero-order valence-electron chi connectivity index (χ0n) is 8.81. The minimum absolute atomic E-state index is 0.577. The van der Waals surface area contributed by atoms with Gasteiger partial charge in [-0.1, -0.05) is 18.2 Å². The van der Waals surface area contributed by atoms with Crippen LogP contribution in [0.2, 0.25) is 0 Å². The van der Waals surface area contributed by atoms with E-state index in [1.165, 1.54) is 0 Å². The number of rotatable bonds is 1. The molecular weight excluding hydrogens is 202 g/mol. The molecule has 0 aliphatic carbocycles. The number of hydrogen-bond acceptors (Lipinski definition) is 3. The maximum atomic E-state index is 9.48. The number of benzene rings is 1. The summed E-state index contributed by atoms with van der Waals surface area (Å²) in [7, 11) is 0. The number of nitrogens with one attached hydrogen (secondary N) is 1. The van der Waals surface area contributed by atoms with Crippen LogP contribution in [0.3, 0.4) is 0 Å². The van der Waals surface area contributed by atoms with Crippen LogP contribution in [0.4, 0.5) is 0 Å². The molecule has 0 saturated heterocycles. The van der Waals surface area contributed by atoms with E-state index >= 15 is 0 Å². The van der Waals surface area contributed by atoms with E-state index in [-0.39, 0.29) is 0 Å². The lowest BCUT2D eigenvalue weighted by atomic mass is 10.2. The molecule has 3 aromatic rings. The summed E-state index contributed by atoms with van der Waals surface area (Å²) in [4.78, 5) is 11.7. The van der Waals surface area contributed by atoms with E-state index in [0.29, 0.717) is 5.82 Å². The van der Waals surface area contributed by atoms with E-state index in [0.717, 1.165) is 21.9 Å². The normalized spacial score (nSPS) is 13.4. The number of hydrogen-bond donors (Lipinski definition) is 2. The van der Waals surface area contributed by atoms with Gasteiger partial charge in [-0.3, -0.25) is 4.98 Å². The minimum Gasteiger partial charge on any atom is -0.385 e. The van der Waals surface area contributed by atoms with Gasteiger partial charge in [0.15, 0.2) is 0 Å². The predicted molar refractivity (Wildman–Crippen MR) is 62.0 cm³/mol. The lowest BCUT2D eigenvalue weighted by Crippen LogP contribution is -1.92. The molecule has 0 amide bonds. The van der Waals surface area contributed by atoms with Crippen LogP contribution in [0.1, 0.15) is 18.9 Å². The summed E-state index contributed by atoms with van der Waals surface area (Å²) in [6.45, 7) is 1.69. The summed E-state index contributed by atoms with van der Waals surface area (Å²) < 4.78 is 0. The summed E-state index contributed by atoms with van der Waals surface area (Å²) in [5, 5.41) is 10.5. The number of nitrogens with zero attached hydrogens (tertiary/aromatic N) is 2. The first kappa shape index (κ1) is 9.30. The molecule has 2 N–H and O–H groups in total. The molecule has 0 radical (unpaired) electrons. The van der Waals surface area contributed by atoms with Crippen molar-refractivity contribution in [3.8, 4) is 0 Å². The van der Waals surface area contributed by atoms with E-state index in [2.05, 4.69) is 15.0 Å². The number of H-pyrrole nitrogens is 1. The molecule has 16 heavy (non-hydrogen) atoms. The third-order valence-corrected chi connectivity index (χ3v) is 2.65. The summed E-state index contributed by atoms with van der Waals surface area (Å²) in [5.74, 6) is 0.577. The highest BCUT2D eigenvalue weighted by Gasteiger charge is 2.09. The van der Waals surface area contributed by atoms with Crippen molar-refractivity contribution >= 4 is 21.9 Å². The standard InChI is InChI=1S/C12H11N3O/c1-7(16)12-14-10-6-13-9-5-3-2-4-8(9)11(10)15-12/h2-7,16H,1H3,(H,14,15)/t7-/m1/s1. The van der Waals surface area contributed by atoms with Crippen molar-refractivity contribution < 1.29 is 5.11 Å². The van der Waals surface area contributed by atoms with Crippen LogP contribution in [-0.2, 0) is 0 Å². The molecule has 1 aromatic carbocycles. The van der Waals surface area contributed by atoms with Crippen molar-refractivity contribution in [3.63, 3.8) is 0 Å². The fraction of sp³-hybridized carbons (Fsp3) is 0.167. The van der Waals surface area contributed by atoms with Gasteiger partial charge in [0.05, 0.1) is 17.2 Å². The highest BCUT2D eigenvalue weighted by molar-refractivity contribution is 6.01. The smallest absolute Gasteiger partial charge is 0.136 e. The Kier molecular flexibility index (Phi) is 1.91. The van der Waals surface area contributed by atoms with Crippen molar-refractivity contribution in [2.24, 2.45) is 0 Å². The molecule has 0 aliphatic rings. The Labute approximate surface area is 92.0 Å². The average Bonchev–Trinajstić information content (AvgIpc) is 2.73. The van der Waals surface area contributed by atoms with E-state index < -0.39 is 6.10 Å². The molecule has 0 bridgehead atoms. The van der Waals surface area contributed by atoms with Crippen LogP contribution >= 0.6 is 0 Å². The van der Waals surface area contributed by atoms with Gasteiger partial charge < -0.3 is 10.1 Å². The van der Waals surface area contributed by atoms with Gasteiger partial charge in [-0.2, -0.15) is 0 Å². The first-order valence-electron chi connectivity index (χ1n) is 5.17. The number of aromatic nitrogens is 3. The van der Waals surface area contributed by atoms with Crippen LogP contribution in [-0.4, -0.2) is 20.1 Å². The number of imidazole rings is 1. The molecule has 80 valence electrons. The lowest BCUT2D eigenvalue weighted by molar-refractivity contribution is 0.190. The molecule has 0 saturated carbocycles. The van der Waals surface area contributed by atoms with Gasteiger partial charge in [-0.05, 0) is 13.0 Å². The third-order valence-electron chi connectivity index (χ3n) is 2.65. The monoisotopic (exact) mass is 213 g/mol. The van der Waals surface area contributed by atoms with E-state index in [1.54, 1.807) is 13.1 Å². The lowest BCUT2D eigenvalue weighted by Gasteiger charge is -1.97. The van der Waals surface area contributed by atoms with Crippen molar-refractivity contribution in [1.29, 1.82) is 0 Å². The topological polar surface area (TPSA) is 61.8 Å². The number of fused-ring (bicyclic) bond motifs is 3. The second kappa shape index (κ2) is 3.28. The van der Waals surface area contributed by atoms with Gasteiger partial charge in [0.25, 0.3) is 0 Å². The molecule has 0 fully saturated rings. The quantitative estimate of drug-likeness (QED) is 0.651. The van der Waals surface area contributed by atoms with Gasteiger partial charge in [0, 0.05) is 5.39 Å². The summed E-state index contributed by atoms with van der Waals surface area (Å²) in [5.41, 5.74) is 2.65. The maximum Gasteiger partial charge on any atom is 0.136 e. The second-order valence-corrected chi connectivity index (χ2v) is 3.83. The molecule has 4 heteroatoms. The minimum atomic E-state index is -0.592. The van der Waals surface area contributed by atoms with Crippen LogP contribution < -0.4 is 0 Å².